The van der Waals surface area contributed by atoms with Crippen LogP contribution in [-0.2, 0) is 11.2 Å². The van der Waals surface area contributed by atoms with E-state index < -0.39 is 5.97 Å². The molecule has 1 atom stereocenters. The second kappa shape index (κ2) is 8.73. The van der Waals surface area contributed by atoms with Crippen molar-refractivity contribution in [2.45, 2.75) is 26.4 Å². The van der Waals surface area contributed by atoms with Crippen LogP contribution in [0.25, 0.3) is 0 Å². The van der Waals surface area contributed by atoms with E-state index in [-0.39, 0.29) is 6.10 Å². The number of carboxylic acids is 1. The average molecular weight is 322 g/mol. The summed E-state index contributed by atoms with van der Waals surface area (Å²) in [6, 6.07) is 18.3. The molecule has 0 amide bonds. The lowest BCUT2D eigenvalue weighted by molar-refractivity contribution is -0.131. The minimum absolute atomic E-state index is 0.143. The van der Waals surface area contributed by atoms with Crippen molar-refractivity contribution in [2.75, 3.05) is 0 Å². The van der Waals surface area contributed by atoms with Crippen LogP contribution in [0.15, 0.2) is 78.4 Å². The Hall–Kier alpha value is -2.81. The highest BCUT2D eigenvalue weighted by Gasteiger charge is 2.03. The first-order valence-electron chi connectivity index (χ1n) is 7.92. The summed E-state index contributed by atoms with van der Waals surface area (Å²) >= 11 is 0. The van der Waals surface area contributed by atoms with Crippen molar-refractivity contribution in [3.05, 3.63) is 89.5 Å². The molecule has 0 fully saturated rings. The van der Waals surface area contributed by atoms with E-state index in [1.807, 2.05) is 56.3 Å². The quantitative estimate of drug-likeness (QED) is 0.597. The van der Waals surface area contributed by atoms with Crippen molar-refractivity contribution in [1.82, 2.24) is 0 Å². The number of ether oxygens (including phenoxy) is 1. The van der Waals surface area contributed by atoms with E-state index in [1.165, 1.54) is 11.1 Å². The third-order valence-corrected chi connectivity index (χ3v) is 3.46. The number of rotatable bonds is 7. The summed E-state index contributed by atoms with van der Waals surface area (Å²) in [6.07, 6.45) is 5.30. The molecule has 2 rings (SSSR count). The Morgan fingerprint density at radius 2 is 1.79 bits per heavy atom. The van der Waals surface area contributed by atoms with Gasteiger partial charge in [0.25, 0.3) is 0 Å². The van der Waals surface area contributed by atoms with E-state index in [0.717, 1.165) is 23.8 Å². The molecule has 0 aliphatic heterocycles. The smallest absolute Gasteiger partial charge is 0.328 e. The van der Waals surface area contributed by atoms with Gasteiger partial charge in [-0.3, -0.25) is 0 Å². The van der Waals surface area contributed by atoms with Gasteiger partial charge in [0.15, 0.2) is 0 Å². The average Bonchev–Trinajstić information content (AvgIpc) is 2.54. The van der Waals surface area contributed by atoms with Gasteiger partial charge in [0, 0.05) is 6.08 Å². The van der Waals surface area contributed by atoms with Crippen molar-refractivity contribution < 1.29 is 14.6 Å². The van der Waals surface area contributed by atoms with Crippen LogP contribution in [0.3, 0.4) is 0 Å². The third kappa shape index (κ3) is 6.13. The molecule has 1 unspecified atom stereocenters. The van der Waals surface area contributed by atoms with Gasteiger partial charge in [-0.1, -0.05) is 54.1 Å². The van der Waals surface area contributed by atoms with Crippen LogP contribution in [0, 0.1) is 0 Å². The molecule has 1 N–H and O–H groups in total. The lowest BCUT2D eigenvalue weighted by Gasteiger charge is -2.13. The SMILES string of the molecule is CC(/C=C/C(=O)O)=C\C(C)Oc1cccc(Cc2ccccc2)c1. The summed E-state index contributed by atoms with van der Waals surface area (Å²) in [4.78, 5) is 10.5. The first kappa shape index (κ1) is 17.5. The molecule has 0 aromatic heterocycles. The summed E-state index contributed by atoms with van der Waals surface area (Å²) in [5, 5.41) is 8.64. The van der Waals surface area contributed by atoms with Gasteiger partial charge >= 0.3 is 5.97 Å². The number of carboxylic acid groups (broad SMARTS) is 1. The van der Waals surface area contributed by atoms with Crippen molar-refractivity contribution in [1.29, 1.82) is 0 Å². The molecule has 2 aromatic rings. The monoisotopic (exact) mass is 322 g/mol. The fourth-order valence-electron chi connectivity index (χ4n) is 2.44. The Labute approximate surface area is 142 Å². The molecule has 0 saturated carbocycles. The van der Waals surface area contributed by atoms with Gasteiger partial charge in [-0.15, -0.1) is 0 Å². The predicted octanol–water partition coefficient (Wildman–Crippen LogP) is 4.63. The Morgan fingerprint density at radius 1 is 1.08 bits per heavy atom. The van der Waals surface area contributed by atoms with Crippen LogP contribution >= 0.6 is 0 Å². The van der Waals surface area contributed by atoms with Crippen LogP contribution < -0.4 is 4.74 Å². The van der Waals surface area contributed by atoms with Gasteiger partial charge in [0.1, 0.15) is 11.9 Å². The van der Waals surface area contributed by atoms with E-state index in [2.05, 4.69) is 18.2 Å². The van der Waals surface area contributed by atoms with Crippen LogP contribution in [0.2, 0.25) is 0 Å². The standard InChI is InChI=1S/C21H22O3/c1-16(11-12-21(22)23)13-17(2)24-20-10-6-9-19(15-20)14-18-7-4-3-5-8-18/h3-13,15,17H,14H2,1-2H3,(H,22,23)/b12-11+,16-13+. The first-order valence-corrected chi connectivity index (χ1v) is 7.92. The van der Waals surface area contributed by atoms with Crippen molar-refractivity contribution in [2.24, 2.45) is 0 Å². The van der Waals surface area contributed by atoms with E-state index in [9.17, 15) is 4.79 Å². The molecule has 0 heterocycles. The van der Waals surface area contributed by atoms with Crippen molar-refractivity contribution in [3.63, 3.8) is 0 Å². The molecule has 2 aromatic carbocycles. The molecule has 0 aliphatic carbocycles. The molecule has 0 spiro atoms. The topological polar surface area (TPSA) is 46.5 Å². The molecule has 0 bridgehead atoms. The zero-order valence-electron chi connectivity index (χ0n) is 14.0. The van der Waals surface area contributed by atoms with Gasteiger partial charge in [-0.2, -0.15) is 0 Å². The predicted molar refractivity (Wildman–Crippen MR) is 96.3 cm³/mol. The molecule has 0 aliphatic rings. The molecular weight excluding hydrogens is 300 g/mol. The Balaban J connectivity index is 2.01. The lowest BCUT2D eigenvalue weighted by atomic mass is 10.1. The highest BCUT2D eigenvalue weighted by atomic mass is 16.5. The minimum Gasteiger partial charge on any atom is -0.487 e. The van der Waals surface area contributed by atoms with Crippen molar-refractivity contribution >= 4 is 5.97 Å². The maximum absolute atomic E-state index is 10.5. The second-order valence-corrected chi connectivity index (χ2v) is 5.72. The maximum atomic E-state index is 10.5. The van der Waals surface area contributed by atoms with Gasteiger partial charge in [-0.25, -0.2) is 4.79 Å². The summed E-state index contributed by atoms with van der Waals surface area (Å²) in [5.41, 5.74) is 3.31. The number of carbonyl (C=O) groups is 1. The summed E-state index contributed by atoms with van der Waals surface area (Å²) in [6.45, 7) is 3.78. The maximum Gasteiger partial charge on any atom is 0.328 e. The number of aliphatic carboxylic acids is 1. The first-order chi connectivity index (χ1) is 11.5. The zero-order valence-corrected chi connectivity index (χ0v) is 14.0. The summed E-state index contributed by atoms with van der Waals surface area (Å²) < 4.78 is 5.91. The highest BCUT2D eigenvalue weighted by molar-refractivity contribution is 5.80. The van der Waals surface area contributed by atoms with E-state index in [0.29, 0.717) is 0 Å². The van der Waals surface area contributed by atoms with Crippen molar-refractivity contribution in [3.8, 4) is 5.75 Å². The van der Waals surface area contributed by atoms with Crippen LogP contribution in [0.4, 0.5) is 0 Å². The Morgan fingerprint density at radius 3 is 2.50 bits per heavy atom. The number of hydrogen-bond acceptors (Lipinski definition) is 2. The largest absolute Gasteiger partial charge is 0.487 e. The Kier molecular flexibility index (Phi) is 6.38. The third-order valence-electron chi connectivity index (χ3n) is 3.46. The van der Waals surface area contributed by atoms with Crippen LogP contribution in [0.1, 0.15) is 25.0 Å². The lowest BCUT2D eigenvalue weighted by Crippen LogP contribution is -2.09. The molecule has 3 nitrogen and oxygen atoms in total. The Bertz CT molecular complexity index is 730. The van der Waals surface area contributed by atoms with E-state index >= 15 is 0 Å². The fraction of sp³-hybridized carbons (Fsp3) is 0.190. The second-order valence-electron chi connectivity index (χ2n) is 5.72. The molecule has 3 heteroatoms. The summed E-state index contributed by atoms with van der Waals surface area (Å²) in [7, 11) is 0. The highest BCUT2D eigenvalue weighted by Crippen LogP contribution is 2.18. The van der Waals surface area contributed by atoms with Gasteiger partial charge in [0.2, 0.25) is 0 Å². The fourth-order valence-corrected chi connectivity index (χ4v) is 2.44. The van der Waals surface area contributed by atoms with Crippen LogP contribution in [-0.4, -0.2) is 17.2 Å². The molecular formula is C21H22O3. The number of allylic oxidation sites excluding steroid dienone is 2. The van der Waals surface area contributed by atoms with E-state index in [4.69, 9.17) is 9.84 Å². The number of benzene rings is 2. The zero-order chi connectivity index (χ0) is 17.4. The molecule has 0 radical (unpaired) electrons. The molecule has 24 heavy (non-hydrogen) atoms. The molecule has 0 saturated heterocycles. The summed E-state index contributed by atoms with van der Waals surface area (Å²) in [5.74, 6) is -0.146. The van der Waals surface area contributed by atoms with Gasteiger partial charge in [0.05, 0.1) is 0 Å². The van der Waals surface area contributed by atoms with Gasteiger partial charge in [-0.05, 0) is 49.6 Å². The van der Waals surface area contributed by atoms with E-state index in [1.54, 1.807) is 6.08 Å². The minimum atomic E-state index is -0.954. The number of hydrogen-bond donors (Lipinski definition) is 1. The normalized spacial score (nSPS) is 13.0. The van der Waals surface area contributed by atoms with Crippen LogP contribution in [0.5, 0.6) is 5.75 Å². The van der Waals surface area contributed by atoms with Gasteiger partial charge < -0.3 is 9.84 Å². The molecule has 124 valence electrons.